The average molecular weight is 299 g/mol. The standard InChI is InChI=1S/C15H13F4NO/c16-14(10-20,11-6-2-1-3-7-11)12-8-4-5-9-13(12)21-15(17,18)19/h1-9H,10,20H2. The second kappa shape index (κ2) is 5.73. The van der Waals surface area contributed by atoms with Gasteiger partial charge in [0.25, 0.3) is 0 Å². The van der Waals surface area contributed by atoms with Crippen LogP contribution in [0, 0.1) is 0 Å². The van der Waals surface area contributed by atoms with E-state index in [2.05, 4.69) is 4.74 Å². The lowest BCUT2D eigenvalue weighted by Gasteiger charge is -2.27. The molecule has 0 bridgehead atoms. The first-order valence-electron chi connectivity index (χ1n) is 6.16. The van der Waals surface area contributed by atoms with Crippen LogP contribution >= 0.6 is 0 Å². The summed E-state index contributed by atoms with van der Waals surface area (Å²) in [7, 11) is 0. The third-order valence-electron chi connectivity index (χ3n) is 3.05. The predicted octanol–water partition coefficient (Wildman–Crippen LogP) is 3.76. The lowest BCUT2D eigenvalue weighted by atomic mass is 9.87. The topological polar surface area (TPSA) is 35.2 Å². The zero-order valence-corrected chi connectivity index (χ0v) is 10.9. The molecule has 2 N–H and O–H groups in total. The number of benzene rings is 2. The molecule has 112 valence electrons. The smallest absolute Gasteiger partial charge is 0.405 e. The Morgan fingerprint density at radius 2 is 1.43 bits per heavy atom. The largest absolute Gasteiger partial charge is 0.573 e. The van der Waals surface area contributed by atoms with Gasteiger partial charge in [0.15, 0.2) is 5.67 Å². The Morgan fingerprint density at radius 3 is 2.00 bits per heavy atom. The fourth-order valence-corrected chi connectivity index (χ4v) is 2.09. The minimum Gasteiger partial charge on any atom is -0.405 e. The highest BCUT2D eigenvalue weighted by atomic mass is 19.4. The van der Waals surface area contributed by atoms with Crippen LogP contribution in [0.5, 0.6) is 5.75 Å². The van der Waals surface area contributed by atoms with Crippen molar-refractivity contribution < 1.29 is 22.3 Å². The van der Waals surface area contributed by atoms with Gasteiger partial charge in [-0.25, -0.2) is 4.39 Å². The summed E-state index contributed by atoms with van der Waals surface area (Å²) in [5.41, 5.74) is 3.15. The Bertz CT molecular complexity index is 600. The zero-order chi connectivity index (χ0) is 15.5. The van der Waals surface area contributed by atoms with E-state index in [1.807, 2.05) is 0 Å². The van der Waals surface area contributed by atoms with Crippen molar-refractivity contribution >= 4 is 0 Å². The first kappa shape index (κ1) is 15.3. The molecule has 0 amide bonds. The van der Waals surface area contributed by atoms with Crippen LogP contribution < -0.4 is 10.5 Å². The minimum atomic E-state index is -4.90. The summed E-state index contributed by atoms with van der Waals surface area (Å²) in [5.74, 6) is -0.596. The average Bonchev–Trinajstić information content (AvgIpc) is 2.46. The SMILES string of the molecule is NCC(F)(c1ccccc1)c1ccccc1OC(F)(F)F. The highest BCUT2D eigenvalue weighted by molar-refractivity contribution is 5.45. The van der Waals surface area contributed by atoms with Crippen molar-refractivity contribution in [1.82, 2.24) is 0 Å². The molecule has 1 atom stereocenters. The molecule has 21 heavy (non-hydrogen) atoms. The van der Waals surface area contributed by atoms with Crippen molar-refractivity contribution in [3.8, 4) is 5.75 Å². The predicted molar refractivity (Wildman–Crippen MR) is 70.5 cm³/mol. The molecule has 0 saturated heterocycles. The molecule has 2 rings (SSSR count). The zero-order valence-electron chi connectivity index (χ0n) is 10.9. The Labute approximate surface area is 119 Å². The van der Waals surface area contributed by atoms with Crippen LogP contribution in [0.15, 0.2) is 54.6 Å². The maximum absolute atomic E-state index is 15.2. The molecule has 0 spiro atoms. The van der Waals surface area contributed by atoms with Crippen molar-refractivity contribution in [1.29, 1.82) is 0 Å². The summed E-state index contributed by atoms with van der Waals surface area (Å²) < 4.78 is 56.5. The van der Waals surface area contributed by atoms with Gasteiger partial charge in [0.2, 0.25) is 0 Å². The number of ether oxygens (including phenoxy) is 1. The molecule has 2 nitrogen and oxygen atoms in total. The Hall–Kier alpha value is -2.08. The molecule has 0 aliphatic rings. The van der Waals surface area contributed by atoms with Crippen LogP contribution in [0.2, 0.25) is 0 Å². The van der Waals surface area contributed by atoms with Gasteiger partial charge in [-0.2, -0.15) is 0 Å². The van der Waals surface area contributed by atoms with Crippen molar-refractivity contribution in [2.45, 2.75) is 12.0 Å². The molecule has 2 aromatic carbocycles. The number of rotatable bonds is 4. The molecule has 2 aromatic rings. The van der Waals surface area contributed by atoms with Crippen LogP contribution in [0.3, 0.4) is 0 Å². The number of nitrogens with two attached hydrogens (primary N) is 1. The number of halogens is 4. The summed E-state index contributed by atoms with van der Waals surface area (Å²) in [6, 6.07) is 12.9. The number of alkyl halides is 4. The van der Waals surface area contributed by atoms with Crippen LogP contribution in [0.1, 0.15) is 11.1 Å². The molecular weight excluding hydrogens is 286 g/mol. The number of hydrogen-bond donors (Lipinski definition) is 1. The van der Waals surface area contributed by atoms with E-state index in [-0.39, 0.29) is 11.1 Å². The van der Waals surface area contributed by atoms with Gasteiger partial charge in [-0.15, -0.1) is 13.2 Å². The summed E-state index contributed by atoms with van der Waals surface area (Å²) >= 11 is 0. The van der Waals surface area contributed by atoms with E-state index in [0.717, 1.165) is 6.07 Å². The van der Waals surface area contributed by atoms with Gasteiger partial charge in [0, 0.05) is 12.1 Å². The van der Waals surface area contributed by atoms with Gasteiger partial charge in [0.05, 0.1) is 0 Å². The fourth-order valence-electron chi connectivity index (χ4n) is 2.09. The summed E-state index contributed by atoms with van der Waals surface area (Å²) in [5, 5.41) is 0. The second-order valence-corrected chi connectivity index (χ2v) is 4.42. The molecular formula is C15H13F4NO. The second-order valence-electron chi connectivity index (χ2n) is 4.42. The van der Waals surface area contributed by atoms with Crippen molar-refractivity contribution in [2.24, 2.45) is 5.73 Å². The Kier molecular flexibility index (Phi) is 4.18. The van der Waals surface area contributed by atoms with Crippen LogP contribution in [-0.4, -0.2) is 12.9 Å². The fraction of sp³-hybridized carbons (Fsp3) is 0.200. The molecule has 0 saturated carbocycles. The monoisotopic (exact) mass is 299 g/mol. The van der Waals surface area contributed by atoms with Gasteiger partial charge in [-0.05, 0) is 11.6 Å². The highest BCUT2D eigenvalue weighted by Gasteiger charge is 2.39. The third kappa shape index (κ3) is 3.33. The molecule has 0 fully saturated rings. The number of hydrogen-bond acceptors (Lipinski definition) is 2. The van der Waals surface area contributed by atoms with Crippen molar-refractivity contribution in [2.75, 3.05) is 6.54 Å². The quantitative estimate of drug-likeness (QED) is 0.873. The molecule has 0 aliphatic carbocycles. The molecule has 0 aromatic heterocycles. The van der Waals surface area contributed by atoms with Gasteiger partial charge in [-0.3, -0.25) is 0 Å². The molecule has 0 radical (unpaired) electrons. The van der Waals surface area contributed by atoms with Crippen LogP contribution in [-0.2, 0) is 5.67 Å². The van der Waals surface area contributed by atoms with E-state index in [4.69, 9.17) is 5.73 Å². The lowest BCUT2D eigenvalue weighted by molar-refractivity contribution is -0.275. The summed E-state index contributed by atoms with van der Waals surface area (Å²) in [6.45, 7) is -0.505. The van der Waals surface area contributed by atoms with Gasteiger partial charge < -0.3 is 10.5 Å². The molecule has 0 aliphatic heterocycles. The van der Waals surface area contributed by atoms with Crippen LogP contribution in [0.25, 0.3) is 0 Å². The van der Waals surface area contributed by atoms with E-state index in [1.165, 1.54) is 30.3 Å². The maximum atomic E-state index is 15.2. The molecule has 0 heterocycles. The van der Waals surface area contributed by atoms with Gasteiger partial charge in [0.1, 0.15) is 5.75 Å². The maximum Gasteiger partial charge on any atom is 0.573 e. The summed E-state index contributed by atoms with van der Waals surface area (Å²) in [6.07, 6.45) is -4.90. The Balaban J connectivity index is 2.53. The van der Waals surface area contributed by atoms with Crippen molar-refractivity contribution in [3.05, 3.63) is 65.7 Å². The number of para-hydroxylation sites is 1. The van der Waals surface area contributed by atoms with Crippen LogP contribution in [0.4, 0.5) is 17.6 Å². The van der Waals surface area contributed by atoms with Gasteiger partial charge >= 0.3 is 6.36 Å². The molecule has 1 unspecified atom stereocenters. The first-order chi connectivity index (χ1) is 9.87. The van der Waals surface area contributed by atoms with Gasteiger partial charge in [-0.1, -0.05) is 48.5 Å². The van der Waals surface area contributed by atoms with E-state index in [0.29, 0.717) is 0 Å². The van der Waals surface area contributed by atoms with Crippen molar-refractivity contribution in [3.63, 3.8) is 0 Å². The van der Waals surface area contributed by atoms with E-state index < -0.39 is 24.3 Å². The highest BCUT2D eigenvalue weighted by Crippen LogP contribution is 2.39. The summed E-state index contributed by atoms with van der Waals surface area (Å²) in [4.78, 5) is 0. The minimum absolute atomic E-state index is 0.172. The molecule has 6 heteroatoms. The lowest BCUT2D eigenvalue weighted by Crippen LogP contribution is -2.33. The van der Waals surface area contributed by atoms with E-state index in [1.54, 1.807) is 18.2 Å². The third-order valence-corrected chi connectivity index (χ3v) is 3.05. The Morgan fingerprint density at radius 1 is 0.857 bits per heavy atom. The first-order valence-corrected chi connectivity index (χ1v) is 6.16. The normalized spacial score (nSPS) is 14.5. The van der Waals surface area contributed by atoms with E-state index >= 15 is 4.39 Å². The van der Waals surface area contributed by atoms with E-state index in [9.17, 15) is 13.2 Å².